The molecule has 0 aliphatic heterocycles. The number of benzene rings is 1. The lowest BCUT2D eigenvalue weighted by Gasteiger charge is -2.12. The molecule has 0 saturated heterocycles. The van der Waals surface area contributed by atoms with E-state index in [4.69, 9.17) is 0 Å². The van der Waals surface area contributed by atoms with E-state index in [9.17, 15) is 0 Å². The Morgan fingerprint density at radius 1 is 1.14 bits per heavy atom. The predicted octanol–water partition coefficient (Wildman–Crippen LogP) is 2.49. The number of para-hydroxylation sites is 2. The van der Waals surface area contributed by atoms with Crippen molar-refractivity contribution in [1.82, 2.24) is 24.5 Å². The standard InChI is InChI=1S/C15H18N6/c1-2-9-20-10-7-16-15(20)12-17-13-5-3-4-6-14(13)21-11-8-18-19-21/h3-8,10-11,17H,2,9,12H2,1H3. The van der Waals surface area contributed by atoms with Crippen molar-refractivity contribution in [2.24, 2.45) is 0 Å². The highest BCUT2D eigenvalue weighted by Gasteiger charge is 2.06. The third-order valence-electron chi connectivity index (χ3n) is 3.28. The van der Waals surface area contributed by atoms with Crippen molar-refractivity contribution in [1.29, 1.82) is 0 Å². The summed E-state index contributed by atoms with van der Waals surface area (Å²) in [6.07, 6.45) is 8.46. The number of anilines is 1. The van der Waals surface area contributed by atoms with Gasteiger partial charge < -0.3 is 9.88 Å². The van der Waals surface area contributed by atoms with Gasteiger partial charge in [0.15, 0.2) is 0 Å². The number of rotatable bonds is 6. The number of nitrogens with zero attached hydrogens (tertiary/aromatic N) is 5. The van der Waals surface area contributed by atoms with Crippen LogP contribution in [-0.2, 0) is 13.1 Å². The van der Waals surface area contributed by atoms with E-state index in [1.165, 1.54) is 0 Å². The number of imidazole rings is 1. The van der Waals surface area contributed by atoms with Gasteiger partial charge in [-0.3, -0.25) is 0 Å². The molecule has 0 aliphatic rings. The van der Waals surface area contributed by atoms with E-state index in [2.05, 4.69) is 32.1 Å². The van der Waals surface area contributed by atoms with Gasteiger partial charge in [0.2, 0.25) is 0 Å². The van der Waals surface area contributed by atoms with Crippen molar-refractivity contribution in [3.63, 3.8) is 0 Å². The Hall–Kier alpha value is -2.63. The van der Waals surface area contributed by atoms with Crippen molar-refractivity contribution in [2.75, 3.05) is 5.32 Å². The van der Waals surface area contributed by atoms with Crippen LogP contribution in [0.3, 0.4) is 0 Å². The molecule has 3 rings (SSSR count). The van der Waals surface area contributed by atoms with Crippen LogP contribution >= 0.6 is 0 Å². The maximum Gasteiger partial charge on any atom is 0.128 e. The first-order valence-corrected chi connectivity index (χ1v) is 7.08. The lowest BCUT2D eigenvalue weighted by Crippen LogP contribution is -2.10. The molecule has 6 nitrogen and oxygen atoms in total. The lowest BCUT2D eigenvalue weighted by atomic mass is 10.2. The van der Waals surface area contributed by atoms with E-state index < -0.39 is 0 Å². The molecule has 0 radical (unpaired) electrons. The Balaban J connectivity index is 1.78. The van der Waals surface area contributed by atoms with Crippen LogP contribution in [0.25, 0.3) is 5.69 Å². The minimum Gasteiger partial charge on any atom is -0.376 e. The van der Waals surface area contributed by atoms with E-state index in [0.29, 0.717) is 6.54 Å². The summed E-state index contributed by atoms with van der Waals surface area (Å²) in [7, 11) is 0. The van der Waals surface area contributed by atoms with Gasteiger partial charge in [-0.05, 0) is 18.6 Å². The van der Waals surface area contributed by atoms with Gasteiger partial charge in [-0.15, -0.1) is 5.10 Å². The summed E-state index contributed by atoms with van der Waals surface area (Å²) in [4.78, 5) is 4.41. The van der Waals surface area contributed by atoms with Gasteiger partial charge in [-0.2, -0.15) is 0 Å². The molecule has 2 aromatic heterocycles. The minimum atomic E-state index is 0.679. The van der Waals surface area contributed by atoms with Gasteiger partial charge in [0, 0.05) is 18.9 Å². The minimum absolute atomic E-state index is 0.679. The fourth-order valence-electron chi connectivity index (χ4n) is 2.29. The zero-order valence-corrected chi connectivity index (χ0v) is 12.0. The second-order valence-electron chi connectivity index (χ2n) is 4.76. The average molecular weight is 282 g/mol. The highest BCUT2D eigenvalue weighted by Crippen LogP contribution is 2.19. The molecule has 3 aromatic rings. The zero-order valence-electron chi connectivity index (χ0n) is 12.0. The molecule has 1 aromatic carbocycles. The Morgan fingerprint density at radius 2 is 2.05 bits per heavy atom. The van der Waals surface area contributed by atoms with E-state index >= 15 is 0 Å². The van der Waals surface area contributed by atoms with Gasteiger partial charge >= 0.3 is 0 Å². The summed E-state index contributed by atoms with van der Waals surface area (Å²) >= 11 is 0. The molecule has 108 valence electrons. The van der Waals surface area contributed by atoms with Crippen LogP contribution in [0.5, 0.6) is 0 Å². The smallest absolute Gasteiger partial charge is 0.128 e. The van der Waals surface area contributed by atoms with E-state index in [1.54, 1.807) is 10.9 Å². The fraction of sp³-hybridized carbons (Fsp3) is 0.267. The molecule has 6 heteroatoms. The summed E-state index contributed by atoms with van der Waals surface area (Å²) in [6.45, 7) is 3.83. The SMILES string of the molecule is CCCn1ccnc1CNc1ccccc1-n1ccnn1. The van der Waals surface area contributed by atoms with Gasteiger partial charge in [0.25, 0.3) is 0 Å². The first-order valence-electron chi connectivity index (χ1n) is 7.08. The molecule has 0 unspecified atom stereocenters. The van der Waals surface area contributed by atoms with Crippen molar-refractivity contribution in [2.45, 2.75) is 26.4 Å². The Kier molecular flexibility index (Phi) is 3.95. The molecule has 1 N–H and O–H groups in total. The topological polar surface area (TPSA) is 60.6 Å². The number of nitrogens with one attached hydrogen (secondary N) is 1. The van der Waals surface area contributed by atoms with Crippen molar-refractivity contribution in [3.8, 4) is 5.69 Å². The zero-order chi connectivity index (χ0) is 14.5. The van der Waals surface area contributed by atoms with Crippen molar-refractivity contribution < 1.29 is 0 Å². The van der Waals surface area contributed by atoms with Crippen molar-refractivity contribution >= 4 is 5.69 Å². The second-order valence-corrected chi connectivity index (χ2v) is 4.76. The maximum absolute atomic E-state index is 4.41. The molecule has 0 amide bonds. The highest BCUT2D eigenvalue weighted by atomic mass is 15.4. The largest absolute Gasteiger partial charge is 0.376 e. The molecule has 21 heavy (non-hydrogen) atoms. The van der Waals surface area contributed by atoms with Gasteiger partial charge in [0.1, 0.15) is 5.82 Å². The number of aryl methyl sites for hydroxylation is 1. The normalized spacial score (nSPS) is 10.7. The fourth-order valence-corrected chi connectivity index (χ4v) is 2.29. The Labute approximate surface area is 123 Å². The molecule has 0 atom stereocenters. The third kappa shape index (κ3) is 2.94. The quantitative estimate of drug-likeness (QED) is 0.754. The van der Waals surface area contributed by atoms with Gasteiger partial charge in [0.05, 0.1) is 30.3 Å². The van der Waals surface area contributed by atoms with E-state index in [-0.39, 0.29) is 0 Å². The summed E-state index contributed by atoms with van der Waals surface area (Å²) < 4.78 is 3.92. The van der Waals surface area contributed by atoms with Crippen LogP contribution in [0.2, 0.25) is 0 Å². The Bertz CT molecular complexity index is 686. The first kappa shape index (κ1) is 13.4. The van der Waals surface area contributed by atoms with E-state index in [0.717, 1.165) is 30.2 Å². The second kappa shape index (κ2) is 6.21. The monoisotopic (exact) mass is 282 g/mol. The first-order chi connectivity index (χ1) is 10.4. The van der Waals surface area contributed by atoms with Crippen LogP contribution in [0.1, 0.15) is 19.2 Å². The number of aromatic nitrogens is 5. The van der Waals surface area contributed by atoms with Gasteiger partial charge in [-0.1, -0.05) is 24.3 Å². The van der Waals surface area contributed by atoms with Crippen LogP contribution in [0, 0.1) is 0 Å². The van der Waals surface area contributed by atoms with E-state index in [1.807, 2.05) is 42.9 Å². The van der Waals surface area contributed by atoms with Gasteiger partial charge in [-0.25, -0.2) is 9.67 Å². The Morgan fingerprint density at radius 3 is 2.86 bits per heavy atom. The summed E-state index contributed by atoms with van der Waals surface area (Å²) in [5.74, 6) is 1.03. The third-order valence-corrected chi connectivity index (χ3v) is 3.28. The summed E-state index contributed by atoms with van der Waals surface area (Å²) in [5, 5.41) is 11.3. The number of hydrogen-bond donors (Lipinski definition) is 1. The van der Waals surface area contributed by atoms with Crippen LogP contribution in [-0.4, -0.2) is 24.5 Å². The van der Waals surface area contributed by atoms with Crippen LogP contribution in [0.15, 0.2) is 49.1 Å². The van der Waals surface area contributed by atoms with Crippen LogP contribution < -0.4 is 5.32 Å². The molecule has 0 spiro atoms. The predicted molar refractivity (Wildman–Crippen MR) is 81.2 cm³/mol. The molecular weight excluding hydrogens is 264 g/mol. The highest BCUT2D eigenvalue weighted by molar-refractivity contribution is 5.60. The summed E-state index contributed by atoms with van der Waals surface area (Å²) in [6, 6.07) is 8.03. The number of hydrogen-bond acceptors (Lipinski definition) is 4. The molecule has 0 fully saturated rings. The van der Waals surface area contributed by atoms with Crippen LogP contribution in [0.4, 0.5) is 5.69 Å². The molecule has 0 aliphatic carbocycles. The van der Waals surface area contributed by atoms with Crippen molar-refractivity contribution in [3.05, 3.63) is 54.9 Å². The summed E-state index contributed by atoms with van der Waals surface area (Å²) in [5.41, 5.74) is 1.98. The maximum atomic E-state index is 4.41. The average Bonchev–Trinajstić information content (AvgIpc) is 3.17. The molecule has 0 saturated carbocycles. The molecular formula is C15H18N6. The molecule has 2 heterocycles. The molecule has 0 bridgehead atoms. The lowest BCUT2D eigenvalue weighted by molar-refractivity contribution is 0.644.